The quantitative estimate of drug-likeness (QED) is 0.563. The third kappa shape index (κ3) is 5.29. The Morgan fingerprint density at radius 1 is 0.839 bits per heavy atom. The van der Waals surface area contributed by atoms with Crippen LogP contribution in [-0.4, -0.2) is 27.4 Å². The molecule has 3 rings (SSSR count). The average molecular weight is 439 g/mol. The first kappa shape index (κ1) is 22.0. The van der Waals surface area contributed by atoms with Gasteiger partial charge in [-0.25, -0.2) is 13.2 Å². The highest BCUT2D eigenvalue weighted by Gasteiger charge is 2.17. The van der Waals surface area contributed by atoms with Crippen LogP contribution < -0.4 is 10.0 Å². The normalized spacial score (nSPS) is 10.9. The molecule has 7 nitrogen and oxygen atoms in total. The van der Waals surface area contributed by atoms with Crippen LogP contribution in [0.1, 0.15) is 31.8 Å². The van der Waals surface area contributed by atoms with Crippen LogP contribution in [0.15, 0.2) is 71.6 Å². The lowest BCUT2D eigenvalue weighted by molar-refractivity contribution is 0.0600. The second-order valence-corrected chi connectivity index (χ2v) is 8.65. The van der Waals surface area contributed by atoms with Crippen molar-refractivity contribution in [2.24, 2.45) is 0 Å². The third-order valence-electron chi connectivity index (χ3n) is 4.64. The number of esters is 1. The smallest absolute Gasteiger partial charge is 0.337 e. The van der Waals surface area contributed by atoms with Gasteiger partial charge in [-0.2, -0.15) is 0 Å². The molecule has 31 heavy (non-hydrogen) atoms. The Morgan fingerprint density at radius 2 is 1.45 bits per heavy atom. The van der Waals surface area contributed by atoms with Crippen molar-refractivity contribution < 1.29 is 22.7 Å². The monoisotopic (exact) mass is 438 g/mol. The minimum Gasteiger partial charge on any atom is -0.465 e. The molecule has 0 radical (unpaired) electrons. The van der Waals surface area contributed by atoms with Crippen molar-refractivity contribution in [1.82, 2.24) is 0 Å². The number of hydrogen-bond donors (Lipinski definition) is 2. The van der Waals surface area contributed by atoms with Crippen molar-refractivity contribution in [2.45, 2.75) is 18.7 Å². The van der Waals surface area contributed by atoms with Crippen molar-refractivity contribution in [3.05, 3.63) is 89.0 Å². The summed E-state index contributed by atoms with van der Waals surface area (Å²) in [5.41, 5.74) is 3.07. The number of methoxy groups -OCH3 is 1. The Balaban J connectivity index is 1.79. The number of aryl methyl sites for hydroxylation is 2. The van der Waals surface area contributed by atoms with Crippen LogP contribution in [0.2, 0.25) is 0 Å². The summed E-state index contributed by atoms with van der Waals surface area (Å²) in [7, 11) is -2.50. The van der Waals surface area contributed by atoms with E-state index >= 15 is 0 Å². The Labute approximate surface area is 181 Å². The van der Waals surface area contributed by atoms with E-state index in [4.69, 9.17) is 0 Å². The van der Waals surface area contributed by atoms with Gasteiger partial charge in [-0.1, -0.05) is 23.8 Å². The van der Waals surface area contributed by atoms with E-state index in [0.29, 0.717) is 22.5 Å². The van der Waals surface area contributed by atoms with E-state index in [1.165, 1.54) is 37.4 Å². The molecule has 0 fully saturated rings. The number of carbonyl (C=O) groups is 2. The largest absolute Gasteiger partial charge is 0.465 e. The standard InChI is InChI=1S/C23H22N2O5S/c1-15-4-12-20(13-5-15)31(28,29)25-21-14-18(7-6-16(21)2)22(26)24-19-10-8-17(9-11-19)23(27)30-3/h4-14,25H,1-3H3,(H,24,26). The molecule has 0 aliphatic heterocycles. The molecule has 0 bridgehead atoms. The molecule has 0 heterocycles. The van der Waals surface area contributed by atoms with Gasteiger partial charge in [-0.05, 0) is 67.9 Å². The second-order valence-electron chi connectivity index (χ2n) is 6.97. The summed E-state index contributed by atoms with van der Waals surface area (Å²) in [6.45, 7) is 3.62. The molecule has 0 spiro atoms. The zero-order chi connectivity index (χ0) is 22.6. The van der Waals surface area contributed by atoms with Gasteiger partial charge in [0, 0.05) is 11.3 Å². The number of benzene rings is 3. The van der Waals surface area contributed by atoms with Gasteiger partial charge in [0.05, 0.1) is 23.3 Å². The number of carbonyl (C=O) groups excluding carboxylic acids is 2. The fourth-order valence-corrected chi connectivity index (χ4v) is 3.93. The van der Waals surface area contributed by atoms with Crippen LogP contribution in [0.3, 0.4) is 0 Å². The van der Waals surface area contributed by atoms with E-state index in [1.54, 1.807) is 43.3 Å². The van der Waals surface area contributed by atoms with Crippen LogP contribution in [0.4, 0.5) is 11.4 Å². The van der Waals surface area contributed by atoms with Crippen molar-refractivity contribution in [1.29, 1.82) is 0 Å². The van der Waals surface area contributed by atoms with Gasteiger partial charge in [0.25, 0.3) is 15.9 Å². The van der Waals surface area contributed by atoms with E-state index in [-0.39, 0.29) is 10.5 Å². The first-order chi connectivity index (χ1) is 14.7. The molecule has 1 amide bonds. The van der Waals surface area contributed by atoms with Gasteiger partial charge in [0.1, 0.15) is 0 Å². The van der Waals surface area contributed by atoms with Gasteiger partial charge in [0.2, 0.25) is 0 Å². The predicted octanol–water partition coefficient (Wildman–Crippen LogP) is 4.14. The molecular formula is C23H22N2O5S. The fraction of sp³-hybridized carbons (Fsp3) is 0.130. The molecule has 2 N–H and O–H groups in total. The molecule has 0 unspecified atom stereocenters. The maximum Gasteiger partial charge on any atom is 0.337 e. The molecule has 160 valence electrons. The Bertz CT molecular complexity index is 1220. The minimum absolute atomic E-state index is 0.137. The number of rotatable bonds is 6. The van der Waals surface area contributed by atoms with E-state index in [9.17, 15) is 18.0 Å². The highest BCUT2D eigenvalue weighted by molar-refractivity contribution is 7.92. The number of hydrogen-bond acceptors (Lipinski definition) is 5. The lowest BCUT2D eigenvalue weighted by Gasteiger charge is -2.13. The van der Waals surface area contributed by atoms with Crippen LogP contribution in [0, 0.1) is 13.8 Å². The summed E-state index contributed by atoms with van der Waals surface area (Å²) in [5, 5.41) is 2.72. The van der Waals surface area contributed by atoms with Gasteiger partial charge in [-0.15, -0.1) is 0 Å². The summed E-state index contributed by atoms with van der Waals surface area (Å²) in [6.07, 6.45) is 0. The molecule has 0 saturated carbocycles. The van der Waals surface area contributed by atoms with Crippen LogP contribution in [0.5, 0.6) is 0 Å². The summed E-state index contributed by atoms with van der Waals surface area (Å²) in [6, 6.07) is 17.5. The molecule has 0 atom stereocenters. The molecule has 0 aliphatic rings. The lowest BCUT2D eigenvalue weighted by Crippen LogP contribution is -2.16. The van der Waals surface area contributed by atoms with E-state index < -0.39 is 21.9 Å². The predicted molar refractivity (Wildman–Crippen MR) is 119 cm³/mol. The van der Waals surface area contributed by atoms with Crippen LogP contribution in [0.25, 0.3) is 0 Å². The first-order valence-electron chi connectivity index (χ1n) is 9.39. The minimum atomic E-state index is -3.79. The highest BCUT2D eigenvalue weighted by Crippen LogP contribution is 2.22. The molecule has 0 aliphatic carbocycles. The average Bonchev–Trinajstić information content (AvgIpc) is 2.75. The van der Waals surface area contributed by atoms with Crippen LogP contribution in [-0.2, 0) is 14.8 Å². The SMILES string of the molecule is COC(=O)c1ccc(NC(=O)c2ccc(C)c(NS(=O)(=O)c3ccc(C)cc3)c2)cc1. The van der Waals surface area contributed by atoms with E-state index in [0.717, 1.165) is 5.56 Å². The van der Waals surface area contributed by atoms with Gasteiger partial charge in [0.15, 0.2) is 0 Å². The van der Waals surface area contributed by atoms with E-state index in [2.05, 4.69) is 14.8 Å². The Morgan fingerprint density at radius 3 is 2.06 bits per heavy atom. The van der Waals surface area contributed by atoms with Crippen molar-refractivity contribution in [3.8, 4) is 0 Å². The number of anilines is 2. The number of sulfonamides is 1. The molecular weight excluding hydrogens is 416 g/mol. The zero-order valence-corrected chi connectivity index (χ0v) is 18.1. The molecule has 8 heteroatoms. The summed E-state index contributed by atoms with van der Waals surface area (Å²) >= 11 is 0. The lowest BCUT2D eigenvalue weighted by atomic mass is 10.1. The summed E-state index contributed by atoms with van der Waals surface area (Å²) in [5.74, 6) is -0.886. The zero-order valence-electron chi connectivity index (χ0n) is 17.3. The van der Waals surface area contributed by atoms with Crippen molar-refractivity contribution in [2.75, 3.05) is 17.1 Å². The number of amides is 1. The fourth-order valence-electron chi connectivity index (χ4n) is 2.81. The van der Waals surface area contributed by atoms with E-state index in [1.807, 2.05) is 6.92 Å². The Kier molecular flexibility index (Phi) is 6.41. The molecule has 3 aromatic carbocycles. The first-order valence-corrected chi connectivity index (χ1v) is 10.9. The molecule has 3 aromatic rings. The summed E-state index contributed by atoms with van der Waals surface area (Å²) < 4.78 is 32.6. The van der Waals surface area contributed by atoms with Crippen molar-refractivity contribution in [3.63, 3.8) is 0 Å². The van der Waals surface area contributed by atoms with Gasteiger partial charge >= 0.3 is 5.97 Å². The molecule has 0 aromatic heterocycles. The number of ether oxygens (including phenoxy) is 1. The van der Waals surface area contributed by atoms with Gasteiger partial charge in [-0.3, -0.25) is 9.52 Å². The summed E-state index contributed by atoms with van der Waals surface area (Å²) in [4.78, 5) is 24.3. The second kappa shape index (κ2) is 9.01. The maximum atomic E-state index is 12.7. The highest BCUT2D eigenvalue weighted by atomic mass is 32.2. The topological polar surface area (TPSA) is 102 Å². The number of nitrogens with one attached hydrogen (secondary N) is 2. The van der Waals surface area contributed by atoms with Gasteiger partial charge < -0.3 is 10.1 Å². The molecule has 0 saturated heterocycles. The maximum absolute atomic E-state index is 12.7. The van der Waals surface area contributed by atoms with Crippen molar-refractivity contribution >= 4 is 33.3 Å². The third-order valence-corrected chi connectivity index (χ3v) is 6.02. The Hall–Kier alpha value is -3.65. The van der Waals surface area contributed by atoms with Crippen LogP contribution >= 0.6 is 0 Å².